The van der Waals surface area contributed by atoms with E-state index in [1.54, 1.807) is 10.1 Å². The molecule has 156 valence electrons. The number of hydrogen-bond donors (Lipinski definition) is 2. The van der Waals surface area contributed by atoms with Crippen molar-refractivity contribution in [2.24, 2.45) is 0 Å². The van der Waals surface area contributed by atoms with Crippen molar-refractivity contribution < 1.29 is 31.5 Å². The second kappa shape index (κ2) is 8.47. The molecule has 1 saturated heterocycles. The number of rotatable bonds is 4. The summed E-state index contributed by atoms with van der Waals surface area (Å²) < 4.78 is 61.2. The zero-order chi connectivity index (χ0) is 21.2. The highest BCUT2D eigenvalue weighted by Crippen LogP contribution is 2.36. The first kappa shape index (κ1) is 21.2. The highest BCUT2D eigenvalue weighted by atomic mass is 32.2. The number of piperazine rings is 1. The highest BCUT2D eigenvalue weighted by molar-refractivity contribution is 7.80. The molecule has 2 N–H and O–H groups in total. The van der Waals surface area contributed by atoms with Crippen molar-refractivity contribution in [2.75, 3.05) is 30.9 Å². The third-order valence-corrected chi connectivity index (χ3v) is 5.26. The Kier molecular flexibility index (Phi) is 6.19. The first-order valence-corrected chi connectivity index (χ1v) is 10.3. The number of amides is 2. The molecule has 13 heteroatoms. The van der Waals surface area contributed by atoms with Gasteiger partial charge in [0.05, 0.1) is 16.8 Å². The number of benzene rings is 1. The Balaban J connectivity index is 1.72. The summed E-state index contributed by atoms with van der Waals surface area (Å²) in [7, 11) is 0. The van der Waals surface area contributed by atoms with Crippen LogP contribution in [0.1, 0.15) is 26.4 Å². The Labute approximate surface area is 169 Å². The van der Waals surface area contributed by atoms with Gasteiger partial charge in [-0.25, -0.2) is 9.19 Å². The minimum Gasteiger partial charge on any atom is -0.335 e. The van der Waals surface area contributed by atoms with Crippen LogP contribution in [-0.4, -0.2) is 61.5 Å². The molecule has 1 unspecified atom stereocenters. The number of alkyl halides is 3. The van der Waals surface area contributed by atoms with E-state index in [0.717, 1.165) is 12.1 Å². The second-order valence-corrected chi connectivity index (χ2v) is 7.49. The summed E-state index contributed by atoms with van der Waals surface area (Å²) in [6, 6.07) is 2.73. The molecule has 0 aliphatic carbocycles. The smallest absolute Gasteiger partial charge is 0.335 e. The van der Waals surface area contributed by atoms with Crippen LogP contribution in [0.25, 0.3) is 0 Å². The fourth-order valence-electron chi connectivity index (χ4n) is 2.87. The SMILES string of the molecule is O=C(c1ccc(NS(=O)O)c(C(F)(F)F)c1)N1CCN(C(=O)c2cscn2)CC1. The van der Waals surface area contributed by atoms with Crippen LogP contribution in [0.15, 0.2) is 29.1 Å². The molecule has 1 aromatic carbocycles. The van der Waals surface area contributed by atoms with Crippen molar-refractivity contribution in [1.82, 2.24) is 14.8 Å². The molecule has 3 rings (SSSR count). The molecular weight excluding hydrogens is 433 g/mol. The Morgan fingerprint density at radius 3 is 2.28 bits per heavy atom. The van der Waals surface area contributed by atoms with Crippen LogP contribution in [0.4, 0.5) is 18.9 Å². The Bertz CT molecular complexity index is 929. The van der Waals surface area contributed by atoms with Crippen molar-refractivity contribution in [3.8, 4) is 0 Å². The summed E-state index contributed by atoms with van der Waals surface area (Å²) >= 11 is -1.40. The summed E-state index contributed by atoms with van der Waals surface area (Å²) in [5.74, 6) is -0.877. The number of anilines is 1. The van der Waals surface area contributed by atoms with Crippen molar-refractivity contribution in [1.29, 1.82) is 0 Å². The van der Waals surface area contributed by atoms with Gasteiger partial charge < -0.3 is 9.80 Å². The van der Waals surface area contributed by atoms with Gasteiger partial charge in [-0.2, -0.15) is 13.2 Å². The third-order valence-electron chi connectivity index (χ3n) is 4.27. The van der Waals surface area contributed by atoms with Gasteiger partial charge in [0.2, 0.25) is 0 Å². The first-order valence-electron chi connectivity index (χ1n) is 8.22. The van der Waals surface area contributed by atoms with E-state index in [4.69, 9.17) is 4.55 Å². The fraction of sp³-hybridized carbons (Fsp3) is 0.312. The molecule has 0 bridgehead atoms. The van der Waals surface area contributed by atoms with Gasteiger partial charge in [-0.3, -0.25) is 18.9 Å². The number of carbonyl (C=O) groups excluding carboxylic acids is 2. The monoisotopic (exact) mass is 448 g/mol. The largest absolute Gasteiger partial charge is 0.418 e. The van der Waals surface area contributed by atoms with E-state index in [-0.39, 0.29) is 37.6 Å². The van der Waals surface area contributed by atoms with Crippen LogP contribution < -0.4 is 4.72 Å². The van der Waals surface area contributed by atoms with Gasteiger partial charge in [0, 0.05) is 37.1 Å². The quantitative estimate of drug-likeness (QED) is 0.699. The maximum absolute atomic E-state index is 13.3. The van der Waals surface area contributed by atoms with Crippen LogP contribution >= 0.6 is 11.3 Å². The van der Waals surface area contributed by atoms with E-state index in [1.165, 1.54) is 26.6 Å². The Hall–Kier alpha value is -2.51. The first-order chi connectivity index (χ1) is 13.7. The van der Waals surface area contributed by atoms with Gasteiger partial charge in [-0.1, -0.05) is 0 Å². The van der Waals surface area contributed by atoms with E-state index in [2.05, 4.69) is 4.98 Å². The molecular formula is C16H15F3N4O4S2. The topological polar surface area (TPSA) is 103 Å². The molecule has 8 nitrogen and oxygen atoms in total. The van der Waals surface area contributed by atoms with Crippen molar-refractivity contribution >= 4 is 40.1 Å². The normalized spacial score (nSPS) is 15.9. The van der Waals surface area contributed by atoms with Crippen LogP contribution in [0.5, 0.6) is 0 Å². The number of halogens is 3. The second-order valence-electron chi connectivity index (χ2n) is 6.07. The summed E-state index contributed by atoms with van der Waals surface area (Å²) in [6.07, 6.45) is -4.82. The van der Waals surface area contributed by atoms with E-state index in [1.807, 2.05) is 0 Å². The molecule has 0 saturated carbocycles. The van der Waals surface area contributed by atoms with Crippen molar-refractivity contribution in [3.05, 3.63) is 45.9 Å². The Morgan fingerprint density at radius 1 is 1.14 bits per heavy atom. The van der Waals surface area contributed by atoms with Crippen LogP contribution in [0, 0.1) is 0 Å². The molecule has 1 aliphatic heterocycles. The number of nitrogens with one attached hydrogen (secondary N) is 1. The average molecular weight is 448 g/mol. The van der Waals surface area contributed by atoms with Gasteiger partial charge in [0.25, 0.3) is 23.1 Å². The average Bonchev–Trinajstić information content (AvgIpc) is 3.21. The zero-order valence-electron chi connectivity index (χ0n) is 14.7. The van der Waals surface area contributed by atoms with Crippen LogP contribution in [0.2, 0.25) is 0 Å². The summed E-state index contributed by atoms with van der Waals surface area (Å²) in [5.41, 5.74) is -0.174. The van der Waals surface area contributed by atoms with Crippen LogP contribution in [-0.2, 0) is 17.4 Å². The van der Waals surface area contributed by atoms with E-state index in [9.17, 15) is 27.0 Å². The molecule has 2 heterocycles. The lowest BCUT2D eigenvalue weighted by Crippen LogP contribution is -2.50. The van der Waals surface area contributed by atoms with Gasteiger partial charge in [0.15, 0.2) is 0 Å². The number of nitrogens with zero attached hydrogens (tertiary/aromatic N) is 3. The highest BCUT2D eigenvalue weighted by Gasteiger charge is 2.35. The lowest BCUT2D eigenvalue weighted by molar-refractivity contribution is -0.136. The maximum Gasteiger partial charge on any atom is 0.418 e. The van der Waals surface area contributed by atoms with E-state index in [0.29, 0.717) is 11.8 Å². The van der Waals surface area contributed by atoms with Crippen molar-refractivity contribution in [3.63, 3.8) is 0 Å². The third kappa shape index (κ3) is 4.92. The molecule has 0 radical (unpaired) electrons. The predicted molar refractivity (Wildman–Crippen MR) is 99.8 cm³/mol. The zero-order valence-corrected chi connectivity index (χ0v) is 16.3. The van der Waals surface area contributed by atoms with Gasteiger partial charge in [0.1, 0.15) is 5.69 Å². The maximum atomic E-state index is 13.3. The number of hydrogen-bond acceptors (Lipinski definition) is 5. The summed E-state index contributed by atoms with van der Waals surface area (Å²) in [5, 5.41) is 1.62. The lowest BCUT2D eigenvalue weighted by atomic mass is 10.1. The molecule has 1 fully saturated rings. The number of carbonyl (C=O) groups is 2. The predicted octanol–water partition coefficient (Wildman–Crippen LogP) is 2.31. The van der Waals surface area contributed by atoms with Gasteiger partial charge >= 0.3 is 6.18 Å². The standard InChI is InChI=1S/C16H15F3N4O4S2/c17-16(18,19)11-7-10(1-2-12(11)21-29(26)27)14(24)22-3-5-23(6-4-22)15(25)13-8-28-9-20-13/h1-2,7-9,21H,3-6H2,(H,26,27). The molecule has 29 heavy (non-hydrogen) atoms. The molecule has 1 aliphatic rings. The molecule has 1 atom stereocenters. The molecule has 0 spiro atoms. The van der Waals surface area contributed by atoms with E-state index < -0.39 is 34.6 Å². The molecule has 2 amide bonds. The lowest BCUT2D eigenvalue weighted by Gasteiger charge is -2.34. The fourth-order valence-corrected chi connectivity index (χ4v) is 3.76. The summed E-state index contributed by atoms with van der Waals surface area (Å²) in [4.78, 5) is 31.7. The minimum atomic E-state index is -4.82. The van der Waals surface area contributed by atoms with Gasteiger partial charge in [-0.15, -0.1) is 11.3 Å². The molecule has 1 aromatic heterocycles. The number of aromatic nitrogens is 1. The van der Waals surface area contributed by atoms with E-state index >= 15 is 0 Å². The molecule has 2 aromatic rings. The van der Waals surface area contributed by atoms with Crippen molar-refractivity contribution in [2.45, 2.75) is 6.18 Å². The van der Waals surface area contributed by atoms with Gasteiger partial charge in [-0.05, 0) is 18.2 Å². The summed E-state index contributed by atoms with van der Waals surface area (Å²) in [6.45, 7) is 0.794. The number of thiazole rings is 1. The van der Waals surface area contributed by atoms with Crippen LogP contribution in [0.3, 0.4) is 0 Å². The Morgan fingerprint density at radius 2 is 1.76 bits per heavy atom. The minimum absolute atomic E-state index is 0.163.